The zero-order valence-corrected chi connectivity index (χ0v) is 14.3. The number of halogens is 2. The van der Waals surface area contributed by atoms with E-state index in [0.717, 1.165) is 17.0 Å². The summed E-state index contributed by atoms with van der Waals surface area (Å²) in [7, 11) is 0. The SMILES string of the molecule is Cc1nc2nonc2c(N)c1Cn1ccc(CN2CCC(F)(F)CC2)n1. The Kier molecular flexibility index (Phi) is 4.06. The average molecular weight is 363 g/mol. The molecular weight excluding hydrogens is 344 g/mol. The largest absolute Gasteiger partial charge is 0.396 e. The summed E-state index contributed by atoms with van der Waals surface area (Å²) in [5, 5.41) is 12.0. The van der Waals surface area contributed by atoms with Crippen molar-refractivity contribution in [1.29, 1.82) is 0 Å². The molecule has 0 bridgehead atoms. The molecule has 8 nitrogen and oxygen atoms in total. The predicted molar refractivity (Wildman–Crippen MR) is 89.5 cm³/mol. The van der Waals surface area contributed by atoms with Crippen LogP contribution in [0.15, 0.2) is 16.9 Å². The second kappa shape index (κ2) is 6.27. The minimum Gasteiger partial charge on any atom is -0.396 e. The number of rotatable bonds is 4. The molecule has 26 heavy (non-hydrogen) atoms. The van der Waals surface area contributed by atoms with E-state index in [1.807, 2.05) is 24.1 Å². The lowest BCUT2D eigenvalue weighted by Crippen LogP contribution is -2.38. The fraction of sp³-hybridized carbons (Fsp3) is 0.500. The summed E-state index contributed by atoms with van der Waals surface area (Å²) in [4.78, 5) is 6.34. The average Bonchev–Trinajstić information content (AvgIpc) is 3.23. The van der Waals surface area contributed by atoms with Crippen LogP contribution in [0.4, 0.5) is 14.5 Å². The third kappa shape index (κ3) is 3.24. The lowest BCUT2D eigenvalue weighted by Gasteiger charge is -2.31. The Morgan fingerprint density at radius 3 is 2.77 bits per heavy atom. The number of nitrogens with two attached hydrogens (primary N) is 1. The number of alkyl halides is 2. The van der Waals surface area contributed by atoms with E-state index < -0.39 is 5.92 Å². The van der Waals surface area contributed by atoms with Gasteiger partial charge in [-0.1, -0.05) is 0 Å². The number of pyridine rings is 1. The van der Waals surface area contributed by atoms with Crippen LogP contribution in [-0.2, 0) is 13.1 Å². The molecule has 0 atom stereocenters. The van der Waals surface area contributed by atoms with E-state index in [9.17, 15) is 8.78 Å². The molecule has 1 aliphatic rings. The Morgan fingerprint density at radius 1 is 1.23 bits per heavy atom. The second-order valence-electron chi connectivity index (χ2n) is 6.66. The molecule has 3 aromatic rings. The molecule has 0 aliphatic carbocycles. The van der Waals surface area contributed by atoms with Crippen molar-refractivity contribution in [1.82, 2.24) is 30.0 Å². The number of likely N-dealkylation sites (tertiary alicyclic amines) is 1. The third-order valence-electron chi connectivity index (χ3n) is 4.75. The van der Waals surface area contributed by atoms with Gasteiger partial charge in [0.05, 0.1) is 17.9 Å². The normalized spacial score (nSPS) is 17.8. The molecule has 2 N–H and O–H groups in total. The van der Waals surface area contributed by atoms with Crippen molar-refractivity contribution in [2.75, 3.05) is 18.8 Å². The van der Waals surface area contributed by atoms with Crippen LogP contribution in [0.2, 0.25) is 0 Å². The Hall–Kier alpha value is -2.62. The molecule has 0 amide bonds. The van der Waals surface area contributed by atoms with E-state index in [2.05, 4.69) is 25.0 Å². The van der Waals surface area contributed by atoms with Gasteiger partial charge in [0, 0.05) is 49.9 Å². The summed E-state index contributed by atoms with van der Waals surface area (Å²) in [6.45, 7) is 3.60. The maximum atomic E-state index is 13.2. The fourth-order valence-corrected chi connectivity index (χ4v) is 3.20. The fourth-order valence-electron chi connectivity index (χ4n) is 3.20. The lowest BCUT2D eigenvalue weighted by atomic mass is 10.1. The highest BCUT2D eigenvalue weighted by molar-refractivity contribution is 5.85. The number of hydrogen-bond donors (Lipinski definition) is 1. The lowest BCUT2D eigenvalue weighted by molar-refractivity contribution is -0.0568. The van der Waals surface area contributed by atoms with Crippen molar-refractivity contribution in [3.63, 3.8) is 0 Å². The van der Waals surface area contributed by atoms with Crippen LogP contribution in [0.5, 0.6) is 0 Å². The maximum Gasteiger partial charge on any atom is 0.250 e. The molecule has 0 spiro atoms. The molecule has 1 fully saturated rings. The first-order chi connectivity index (χ1) is 12.4. The van der Waals surface area contributed by atoms with E-state index in [-0.39, 0.29) is 12.8 Å². The first kappa shape index (κ1) is 16.8. The van der Waals surface area contributed by atoms with E-state index in [1.165, 1.54) is 0 Å². The summed E-state index contributed by atoms with van der Waals surface area (Å²) >= 11 is 0. The number of fused-ring (bicyclic) bond motifs is 1. The van der Waals surface area contributed by atoms with Crippen molar-refractivity contribution in [2.24, 2.45) is 0 Å². The summed E-state index contributed by atoms with van der Waals surface area (Å²) in [6.07, 6.45) is 1.65. The zero-order chi connectivity index (χ0) is 18.3. The van der Waals surface area contributed by atoms with Gasteiger partial charge in [-0.3, -0.25) is 9.58 Å². The van der Waals surface area contributed by atoms with Gasteiger partial charge >= 0.3 is 0 Å². The number of piperidine rings is 1. The van der Waals surface area contributed by atoms with Gasteiger partial charge in [-0.05, 0) is 23.3 Å². The third-order valence-corrected chi connectivity index (χ3v) is 4.75. The van der Waals surface area contributed by atoms with Crippen LogP contribution < -0.4 is 5.73 Å². The Morgan fingerprint density at radius 2 is 2.00 bits per heavy atom. The zero-order valence-electron chi connectivity index (χ0n) is 14.3. The molecule has 10 heteroatoms. The van der Waals surface area contributed by atoms with Crippen molar-refractivity contribution in [3.05, 3.63) is 29.2 Å². The van der Waals surface area contributed by atoms with Crippen LogP contribution in [0.3, 0.4) is 0 Å². The standard InChI is InChI=1S/C16H19F2N7O/c1-10-12(13(19)14-15(20-10)23-26-22-14)9-25-5-2-11(21-25)8-24-6-3-16(17,18)4-7-24/h2,5H,3-4,6-9,19H2,1H3. The summed E-state index contributed by atoms with van der Waals surface area (Å²) in [5.41, 5.74) is 9.85. The summed E-state index contributed by atoms with van der Waals surface area (Å²) < 4.78 is 32.9. The second-order valence-corrected chi connectivity index (χ2v) is 6.66. The number of hydrogen-bond acceptors (Lipinski definition) is 7. The smallest absolute Gasteiger partial charge is 0.250 e. The van der Waals surface area contributed by atoms with Gasteiger partial charge in [0.1, 0.15) is 0 Å². The number of nitrogens with zero attached hydrogens (tertiary/aromatic N) is 6. The molecule has 3 aromatic heterocycles. The number of nitrogen functional groups attached to an aromatic ring is 1. The molecule has 0 saturated carbocycles. The number of aryl methyl sites for hydroxylation is 1. The van der Waals surface area contributed by atoms with Gasteiger partial charge in [-0.25, -0.2) is 18.4 Å². The van der Waals surface area contributed by atoms with Gasteiger partial charge < -0.3 is 5.73 Å². The highest BCUT2D eigenvalue weighted by Gasteiger charge is 2.33. The summed E-state index contributed by atoms with van der Waals surface area (Å²) in [6, 6.07) is 1.89. The van der Waals surface area contributed by atoms with Crippen LogP contribution in [0.1, 0.15) is 29.8 Å². The Labute approximate surface area is 147 Å². The monoisotopic (exact) mass is 363 g/mol. The Bertz CT molecular complexity index is 926. The van der Waals surface area contributed by atoms with Crippen molar-refractivity contribution < 1.29 is 13.4 Å². The van der Waals surface area contributed by atoms with E-state index >= 15 is 0 Å². The molecule has 0 unspecified atom stereocenters. The Balaban J connectivity index is 1.47. The summed E-state index contributed by atoms with van der Waals surface area (Å²) in [5.74, 6) is -2.54. The number of anilines is 1. The predicted octanol–water partition coefficient (Wildman–Crippen LogP) is 1.98. The minimum atomic E-state index is -2.54. The molecule has 0 radical (unpaired) electrons. The van der Waals surface area contributed by atoms with Crippen LogP contribution >= 0.6 is 0 Å². The first-order valence-electron chi connectivity index (χ1n) is 8.41. The van der Waals surface area contributed by atoms with Crippen molar-refractivity contribution in [2.45, 2.75) is 38.8 Å². The number of aromatic nitrogens is 5. The minimum absolute atomic E-state index is 0.0964. The highest BCUT2D eigenvalue weighted by atomic mass is 19.3. The van der Waals surface area contributed by atoms with Gasteiger partial charge in [0.15, 0.2) is 5.52 Å². The van der Waals surface area contributed by atoms with Crippen LogP contribution in [0, 0.1) is 6.92 Å². The first-order valence-corrected chi connectivity index (χ1v) is 8.41. The quantitative estimate of drug-likeness (QED) is 0.757. The van der Waals surface area contributed by atoms with Crippen LogP contribution in [0.25, 0.3) is 11.2 Å². The maximum absolute atomic E-state index is 13.2. The molecule has 1 aliphatic heterocycles. The molecule has 1 saturated heterocycles. The molecule has 0 aromatic carbocycles. The van der Waals surface area contributed by atoms with E-state index in [4.69, 9.17) is 5.73 Å². The van der Waals surface area contributed by atoms with Gasteiger partial charge in [0.2, 0.25) is 5.65 Å². The van der Waals surface area contributed by atoms with E-state index in [1.54, 1.807) is 4.68 Å². The topological polar surface area (TPSA) is 98.9 Å². The van der Waals surface area contributed by atoms with Gasteiger partial charge in [-0.15, -0.1) is 0 Å². The molecular formula is C16H19F2N7O. The molecule has 4 rings (SSSR count). The van der Waals surface area contributed by atoms with Gasteiger partial charge in [0.25, 0.3) is 5.92 Å². The van der Waals surface area contributed by atoms with E-state index in [0.29, 0.717) is 43.0 Å². The highest BCUT2D eigenvalue weighted by Crippen LogP contribution is 2.28. The molecule has 138 valence electrons. The van der Waals surface area contributed by atoms with Crippen molar-refractivity contribution >= 4 is 16.9 Å². The van der Waals surface area contributed by atoms with Crippen molar-refractivity contribution in [3.8, 4) is 0 Å². The van der Waals surface area contributed by atoms with Gasteiger partial charge in [-0.2, -0.15) is 5.10 Å². The molecule has 4 heterocycles. The van der Waals surface area contributed by atoms with Crippen LogP contribution in [-0.4, -0.2) is 49.0 Å².